The largest absolute Gasteiger partial charge is 0.384 e. The van der Waals surface area contributed by atoms with Gasteiger partial charge < -0.3 is 15.4 Å². The number of hydrogen-bond donors (Lipinski definition) is 1. The Balaban J connectivity index is 2.21. The molecule has 2 rings (SSSR count). The Morgan fingerprint density at radius 2 is 2.06 bits per heavy atom. The molecule has 0 bridgehead atoms. The summed E-state index contributed by atoms with van der Waals surface area (Å²) >= 11 is 2.02. The van der Waals surface area contributed by atoms with Crippen molar-refractivity contribution in [3.63, 3.8) is 0 Å². The van der Waals surface area contributed by atoms with Crippen molar-refractivity contribution >= 4 is 23.4 Å². The summed E-state index contributed by atoms with van der Waals surface area (Å²) in [5.74, 6) is 2.06. The Hall–Kier alpha value is -1.01. The Labute approximate surface area is 112 Å². The molecule has 0 saturated carbocycles. The van der Waals surface area contributed by atoms with E-state index in [2.05, 4.69) is 28.7 Å². The summed E-state index contributed by atoms with van der Waals surface area (Å²) in [7, 11) is 1.63. The van der Waals surface area contributed by atoms with Crippen molar-refractivity contribution in [1.29, 1.82) is 0 Å². The van der Waals surface area contributed by atoms with E-state index in [9.17, 15) is 0 Å². The first-order valence-corrected chi connectivity index (χ1v) is 7.05. The van der Waals surface area contributed by atoms with Crippen LogP contribution in [0.5, 0.6) is 0 Å². The number of nitrogens with zero attached hydrogens (tertiary/aromatic N) is 3. The van der Waals surface area contributed by atoms with Crippen molar-refractivity contribution in [3.05, 3.63) is 11.9 Å². The summed E-state index contributed by atoms with van der Waals surface area (Å²) in [6.07, 6.45) is 0. The standard InChI is InChI=1S/C12H20N4OS/c1-8-5-16(6-9(2)18-8)12-4-10(13)14-11(15-12)7-17-3/h4,8-9H,5-7H2,1-3H3,(H2,13,14,15). The van der Waals surface area contributed by atoms with Gasteiger partial charge in [-0.25, -0.2) is 9.97 Å². The van der Waals surface area contributed by atoms with Crippen LogP contribution in [0.1, 0.15) is 19.7 Å². The van der Waals surface area contributed by atoms with Crippen LogP contribution in [-0.2, 0) is 11.3 Å². The molecule has 1 saturated heterocycles. The third-order valence-electron chi connectivity index (χ3n) is 2.80. The molecule has 2 heterocycles. The van der Waals surface area contributed by atoms with Gasteiger partial charge in [-0.3, -0.25) is 0 Å². The predicted octanol–water partition coefficient (Wildman–Crippen LogP) is 1.54. The van der Waals surface area contributed by atoms with Crippen LogP contribution < -0.4 is 10.6 Å². The van der Waals surface area contributed by atoms with Gasteiger partial charge >= 0.3 is 0 Å². The van der Waals surface area contributed by atoms with Crippen molar-refractivity contribution in [3.8, 4) is 0 Å². The van der Waals surface area contributed by atoms with E-state index in [4.69, 9.17) is 10.5 Å². The SMILES string of the molecule is COCc1nc(N)cc(N2CC(C)SC(C)C2)n1. The van der Waals surface area contributed by atoms with E-state index in [1.807, 2.05) is 17.8 Å². The molecule has 1 fully saturated rings. The smallest absolute Gasteiger partial charge is 0.158 e. The lowest BCUT2D eigenvalue weighted by Crippen LogP contribution is -2.41. The summed E-state index contributed by atoms with van der Waals surface area (Å²) in [4.78, 5) is 11.0. The highest BCUT2D eigenvalue weighted by atomic mass is 32.2. The molecule has 100 valence electrons. The van der Waals surface area contributed by atoms with E-state index in [1.54, 1.807) is 7.11 Å². The average molecular weight is 268 g/mol. The van der Waals surface area contributed by atoms with E-state index in [0.29, 0.717) is 28.7 Å². The number of ether oxygens (including phenoxy) is 1. The molecule has 2 unspecified atom stereocenters. The summed E-state index contributed by atoms with van der Waals surface area (Å²) < 4.78 is 5.06. The molecule has 0 spiro atoms. The number of anilines is 2. The molecule has 1 aliphatic heterocycles. The maximum atomic E-state index is 5.83. The fourth-order valence-electron chi connectivity index (χ4n) is 2.22. The van der Waals surface area contributed by atoms with Gasteiger partial charge in [0.25, 0.3) is 0 Å². The Morgan fingerprint density at radius 3 is 2.67 bits per heavy atom. The second kappa shape index (κ2) is 5.75. The van der Waals surface area contributed by atoms with Crippen LogP contribution in [0.4, 0.5) is 11.6 Å². The number of nitrogen functional groups attached to an aromatic ring is 1. The topological polar surface area (TPSA) is 64.3 Å². The lowest BCUT2D eigenvalue weighted by molar-refractivity contribution is 0.178. The zero-order chi connectivity index (χ0) is 13.1. The van der Waals surface area contributed by atoms with Crippen LogP contribution in [0.3, 0.4) is 0 Å². The molecule has 2 atom stereocenters. The second-order valence-corrected chi connectivity index (χ2v) is 6.54. The summed E-state index contributed by atoms with van der Waals surface area (Å²) in [6, 6.07) is 1.84. The van der Waals surface area contributed by atoms with Crippen LogP contribution in [-0.4, -0.2) is 40.7 Å². The molecule has 6 heteroatoms. The molecule has 0 amide bonds. The average Bonchev–Trinajstić information content (AvgIpc) is 2.27. The second-order valence-electron chi connectivity index (χ2n) is 4.66. The molecular formula is C12H20N4OS. The van der Waals surface area contributed by atoms with Gasteiger partial charge in [0.1, 0.15) is 18.2 Å². The molecule has 1 aromatic heterocycles. The van der Waals surface area contributed by atoms with Gasteiger partial charge in [0.15, 0.2) is 5.82 Å². The molecule has 0 radical (unpaired) electrons. The fourth-order valence-corrected chi connectivity index (χ4v) is 3.55. The first-order valence-electron chi connectivity index (χ1n) is 6.11. The van der Waals surface area contributed by atoms with Crippen LogP contribution >= 0.6 is 11.8 Å². The van der Waals surface area contributed by atoms with E-state index in [1.165, 1.54) is 0 Å². The molecule has 5 nitrogen and oxygen atoms in total. The Kier molecular flexibility index (Phi) is 4.29. The molecule has 1 aromatic rings. The minimum absolute atomic E-state index is 0.395. The van der Waals surface area contributed by atoms with E-state index in [-0.39, 0.29) is 0 Å². The van der Waals surface area contributed by atoms with Gasteiger partial charge in [0.2, 0.25) is 0 Å². The van der Waals surface area contributed by atoms with Crippen LogP contribution in [0, 0.1) is 0 Å². The molecule has 0 aromatic carbocycles. The number of methoxy groups -OCH3 is 1. The molecule has 0 aliphatic carbocycles. The third-order valence-corrected chi connectivity index (χ3v) is 4.02. The van der Waals surface area contributed by atoms with E-state index >= 15 is 0 Å². The molecule has 1 aliphatic rings. The minimum Gasteiger partial charge on any atom is -0.384 e. The summed E-state index contributed by atoms with van der Waals surface area (Å²) in [5, 5.41) is 1.21. The maximum Gasteiger partial charge on any atom is 0.158 e. The van der Waals surface area contributed by atoms with E-state index < -0.39 is 0 Å². The van der Waals surface area contributed by atoms with Crippen molar-refractivity contribution < 1.29 is 4.74 Å². The number of hydrogen-bond acceptors (Lipinski definition) is 6. The van der Waals surface area contributed by atoms with Gasteiger partial charge in [-0.15, -0.1) is 0 Å². The van der Waals surface area contributed by atoms with Gasteiger partial charge in [-0.1, -0.05) is 13.8 Å². The van der Waals surface area contributed by atoms with Gasteiger partial charge in [0, 0.05) is 36.8 Å². The molecule has 18 heavy (non-hydrogen) atoms. The highest BCUT2D eigenvalue weighted by molar-refractivity contribution is 8.00. The first-order chi connectivity index (χ1) is 8.58. The Bertz CT molecular complexity index is 405. The van der Waals surface area contributed by atoms with E-state index in [0.717, 1.165) is 18.9 Å². The monoisotopic (exact) mass is 268 g/mol. The minimum atomic E-state index is 0.395. The Morgan fingerprint density at radius 1 is 1.39 bits per heavy atom. The van der Waals surface area contributed by atoms with Crippen molar-refractivity contribution in [2.75, 3.05) is 30.8 Å². The van der Waals surface area contributed by atoms with Gasteiger partial charge in [0.05, 0.1) is 0 Å². The van der Waals surface area contributed by atoms with Gasteiger partial charge in [-0.05, 0) is 0 Å². The fraction of sp³-hybridized carbons (Fsp3) is 0.667. The first kappa shape index (κ1) is 13.4. The predicted molar refractivity (Wildman–Crippen MR) is 75.9 cm³/mol. The van der Waals surface area contributed by atoms with Crippen molar-refractivity contribution in [2.24, 2.45) is 0 Å². The van der Waals surface area contributed by atoms with Crippen LogP contribution in [0.15, 0.2) is 6.07 Å². The summed E-state index contributed by atoms with van der Waals surface area (Å²) in [5.41, 5.74) is 5.83. The highest BCUT2D eigenvalue weighted by Gasteiger charge is 2.23. The van der Waals surface area contributed by atoms with Crippen molar-refractivity contribution in [1.82, 2.24) is 9.97 Å². The maximum absolute atomic E-state index is 5.83. The molecular weight excluding hydrogens is 248 g/mol. The zero-order valence-electron chi connectivity index (χ0n) is 11.1. The number of rotatable bonds is 3. The van der Waals surface area contributed by atoms with Crippen LogP contribution in [0.2, 0.25) is 0 Å². The lowest BCUT2D eigenvalue weighted by Gasteiger charge is -2.35. The number of thioether (sulfide) groups is 1. The van der Waals surface area contributed by atoms with Crippen LogP contribution in [0.25, 0.3) is 0 Å². The highest BCUT2D eigenvalue weighted by Crippen LogP contribution is 2.28. The van der Waals surface area contributed by atoms with Crippen molar-refractivity contribution in [2.45, 2.75) is 31.0 Å². The summed E-state index contributed by atoms with van der Waals surface area (Å²) in [6.45, 7) is 6.88. The third kappa shape index (κ3) is 3.26. The molecule has 2 N–H and O–H groups in total. The number of nitrogens with two attached hydrogens (primary N) is 1. The lowest BCUT2D eigenvalue weighted by atomic mass is 10.3. The normalized spacial score (nSPS) is 24.3. The van der Waals surface area contributed by atoms with Gasteiger partial charge in [-0.2, -0.15) is 11.8 Å². The number of aromatic nitrogens is 2. The quantitative estimate of drug-likeness (QED) is 0.897. The zero-order valence-corrected chi connectivity index (χ0v) is 11.9.